The second kappa shape index (κ2) is 6.29. The number of aromatic nitrogens is 2. The van der Waals surface area contributed by atoms with Crippen LogP contribution in [0.15, 0.2) is 24.3 Å². The van der Waals surface area contributed by atoms with Crippen molar-refractivity contribution in [1.82, 2.24) is 9.59 Å². The lowest BCUT2D eigenvalue weighted by Crippen LogP contribution is -2.09. The Hall–Kier alpha value is -1.70. The van der Waals surface area contributed by atoms with Crippen LogP contribution in [0.25, 0.3) is 0 Å². The molecule has 0 aliphatic rings. The lowest BCUT2D eigenvalue weighted by atomic mass is 10.1. The Morgan fingerprint density at radius 2 is 2.22 bits per heavy atom. The van der Waals surface area contributed by atoms with Crippen molar-refractivity contribution >= 4 is 16.5 Å². The average Bonchev–Trinajstić information content (AvgIpc) is 2.85. The van der Waals surface area contributed by atoms with Gasteiger partial charge in [-0.2, -0.15) is 0 Å². The predicted molar refractivity (Wildman–Crippen MR) is 69.3 cm³/mol. The molecule has 0 saturated carbocycles. The van der Waals surface area contributed by atoms with Gasteiger partial charge in [-0.05, 0) is 18.1 Å². The average molecular weight is 266 g/mol. The molecule has 0 saturated heterocycles. The van der Waals surface area contributed by atoms with Crippen LogP contribution in [-0.2, 0) is 13.0 Å². The highest BCUT2D eigenvalue weighted by Crippen LogP contribution is 2.22. The molecule has 4 N–H and O–H groups in total. The minimum absolute atomic E-state index is 0.0915. The van der Waals surface area contributed by atoms with E-state index in [2.05, 4.69) is 15.0 Å². The van der Waals surface area contributed by atoms with Crippen molar-refractivity contribution in [3.05, 3.63) is 35.5 Å². The maximum absolute atomic E-state index is 8.98. The highest BCUT2D eigenvalue weighted by Gasteiger charge is 2.09. The smallest absolute Gasteiger partial charge is 0.150 e. The Labute approximate surface area is 109 Å². The van der Waals surface area contributed by atoms with Crippen molar-refractivity contribution in [1.29, 1.82) is 0 Å². The van der Waals surface area contributed by atoms with Crippen molar-refractivity contribution in [3.63, 3.8) is 0 Å². The van der Waals surface area contributed by atoms with Crippen molar-refractivity contribution in [3.8, 4) is 5.75 Å². The largest absolute Gasteiger partial charge is 0.487 e. The van der Waals surface area contributed by atoms with E-state index in [1.165, 1.54) is 11.5 Å². The zero-order valence-corrected chi connectivity index (χ0v) is 10.5. The summed E-state index contributed by atoms with van der Waals surface area (Å²) in [5, 5.41) is 13.6. The van der Waals surface area contributed by atoms with Gasteiger partial charge in [-0.3, -0.25) is 0 Å². The number of ether oxygens (including phenoxy) is 1. The molecule has 0 fully saturated rings. The first kappa shape index (κ1) is 12.7. The standard InChI is InChI=1S/C11H14N4O2S/c12-13-11-9(14-15-18-11)7-17-10-4-2-1-3-8(10)5-6-16/h1-4,13,16H,5-7,12H2. The van der Waals surface area contributed by atoms with E-state index in [4.69, 9.17) is 15.7 Å². The number of rotatable bonds is 6. The number of nitrogens with zero attached hydrogens (tertiary/aromatic N) is 2. The summed E-state index contributed by atoms with van der Waals surface area (Å²) in [6.07, 6.45) is 0.563. The molecule has 0 atom stereocenters. The molecule has 6 nitrogen and oxygen atoms in total. The van der Waals surface area contributed by atoms with Gasteiger partial charge in [0, 0.05) is 18.1 Å². The number of nitrogens with two attached hydrogens (primary N) is 1. The summed E-state index contributed by atoms with van der Waals surface area (Å²) >= 11 is 1.18. The molecule has 0 spiro atoms. The van der Waals surface area contributed by atoms with Crippen LogP contribution in [0.4, 0.5) is 5.00 Å². The molecule has 2 rings (SSSR count). The number of nitrogen functional groups attached to an aromatic ring is 1. The minimum atomic E-state index is 0.0915. The Morgan fingerprint density at radius 1 is 1.39 bits per heavy atom. The number of aliphatic hydroxyl groups is 1. The molecule has 1 aromatic carbocycles. The van der Waals surface area contributed by atoms with E-state index >= 15 is 0 Å². The SMILES string of the molecule is NNc1snnc1COc1ccccc1CCO. The summed E-state index contributed by atoms with van der Waals surface area (Å²) < 4.78 is 9.47. The number of hydrogen-bond donors (Lipinski definition) is 3. The second-order valence-electron chi connectivity index (χ2n) is 3.56. The third-order valence-corrected chi connectivity index (χ3v) is 3.10. The van der Waals surface area contributed by atoms with E-state index in [1.807, 2.05) is 24.3 Å². The monoisotopic (exact) mass is 266 g/mol. The molecule has 7 heteroatoms. The van der Waals surface area contributed by atoms with Gasteiger partial charge in [-0.1, -0.05) is 22.7 Å². The van der Waals surface area contributed by atoms with E-state index in [1.54, 1.807) is 0 Å². The van der Waals surface area contributed by atoms with Crippen LogP contribution in [0.3, 0.4) is 0 Å². The van der Waals surface area contributed by atoms with Gasteiger partial charge in [0.2, 0.25) is 0 Å². The first-order valence-electron chi connectivity index (χ1n) is 5.44. The first-order chi connectivity index (χ1) is 8.85. The Kier molecular flexibility index (Phi) is 4.46. The van der Waals surface area contributed by atoms with Crippen molar-refractivity contribution in [2.45, 2.75) is 13.0 Å². The molecule has 0 aliphatic heterocycles. The van der Waals surface area contributed by atoms with E-state index in [-0.39, 0.29) is 6.61 Å². The minimum Gasteiger partial charge on any atom is -0.487 e. The summed E-state index contributed by atoms with van der Waals surface area (Å²) in [7, 11) is 0. The van der Waals surface area contributed by atoms with E-state index in [0.717, 1.165) is 11.3 Å². The summed E-state index contributed by atoms with van der Waals surface area (Å²) in [5.74, 6) is 6.07. The van der Waals surface area contributed by atoms with Gasteiger partial charge < -0.3 is 15.3 Å². The highest BCUT2D eigenvalue weighted by molar-refractivity contribution is 7.10. The summed E-state index contributed by atoms with van der Waals surface area (Å²) in [6, 6.07) is 7.58. The summed E-state index contributed by atoms with van der Waals surface area (Å²) in [5.41, 5.74) is 4.16. The van der Waals surface area contributed by atoms with Crippen molar-refractivity contribution < 1.29 is 9.84 Å². The van der Waals surface area contributed by atoms with Gasteiger partial charge >= 0.3 is 0 Å². The van der Waals surface area contributed by atoms with Crippen molar-refractivity contribution in [2.75, 3.05) is 12.0 Å². The van der Waals surface area contributed by atoms with Gasteiger partial charge in [0.15, 0.2) is 5.00 Å². The highest BCUT2D eigenvalue weighted by atomic mass is 32.1. The molecule has 0 unspecified atom stereocenters. The van der Waals surface area contributed by atoms with Gasteiger partial charge in [0.25, 0.3) is 0 Å². The zero-order chi connectivity index (χ0) is 12.8. The van der Waals surface area contributed by atoms with Gasteiger partial charge in [0.05, 0.1) is 0 Å². The van der Waals surface area contributed by atoms with Crippen LogP contribution < -0.4 is 16.0 Å². The third kappa shape index (κ3) is 2.95. The molecule has 96 valence electrons. The number of hydrogen-bond acceptors (Lipinski definition) is 7. The van der Waals surface area contributed by atoms with Gasteiger partial charge in [-0.25, -0.2) is 5.84 Å². The Balaban J connectivity index is 2.06. The Morgan fingerprint density at radius 3 is 3.00 bits per heavy atom. The fourth-order valence-electron chi connectivity index (χ4n) is 1.53. The van der Waals surface area contributed by atoms with E-state index in [0.29, 0.717) is 23.7 Å². The molecule has 2 aromatic rings. The second-order valence-corrected chi connectivity index (χ2v) is 4.32. The first-order valence-corrected chi connectivity index (χ1v) is 6.22. The normalized spacial score (nSPS) is 10.3. The predicted octanol–water partition coefficient (Wildman–Crippen LogP) is 0.938. The molecule has 1 heterocycles. The molecule has 0 amide bonds. The number of anilines is 1. The van der Waals surface area contributed by atoms with Gasteiger partial charge in [0.1, 0.15) is 18.1 Å². The number of benzene rings is 1. The maximum atomic E-state index is 8.98. The lowest BCUT2D eigenvalue weighted by Gasteiger charge is -2.09. The fraction of sp³-hybridized carbons (Fsp3) is 0.273. The molecule has 0 bridgehead atoms. The van der Waals surface area contributed by atoms with Crippen LogP contribution in [0.5, 0.6) is 5.75 Å². The van der Waals surface area contributed by atoms with Crippen molar-refractivity contribution in [2.24, 2.45) is 5.84 Å². The third-order valence-electron chi connectivity index (χ3n) is 2.40. The molecule has 18 heavy (non-hydrogen) atoms. The quantitative estimate of drug-likeness (QED) is 0.532. The van der Waals surface area contributed by atoms with Crippen LogP contribution in [0.2, 0.25) is 0 Å². The number of aliphatic hydroxyl groups excluding tert-OH is 1. The van der Waals surface area contributed by atoms with E-state index in [9.17, 15) is 0 Å². The topological polar surface area (TPSA) is 93.3 Å². The van der Waals surface area contributed by atoms with Crippen LogP contribution in [0.1, 0.15) is 11.3 Å². The molecule has 1 aromatic heterocycles. The molecule has 0 radical (unpaired) electrons. The van der Waals surface area contributed by atoms with Gasteiger partial charge in [-0.15, -0.1) is 5.10 Å². The number of nitrogens with one attached hydrogen (secondary N) is 1. The Bertz CT molecular complexity index is 503. The number of hydrazine groups is 1. The lowest BCUT2D eigenvalue weighted by molar-refractivity contribution is 0.282. The zero-order valence-electron chi connectivity index (χ0n) is 9.67. The fourth-order valence-corrected chi connectivity index (χ4v) is 2.01. The summed E-state index contributed by atoms with van der Waals surface area (Å²) in [6.45, 7) is 0.382. The maximum Gasteiger partial charge on any atom is 0.150 e. The van der Waals surface area contributed by atoms with Crippen LogP contribution >= 0.6 is 11.5 Å². The van der Waals surface area contributed by atoms with Crippen LogP contribution in [-0.4, -0.2) is 21.3 Å². The molecular formula is C11H14N4O2S. The number of para-hydroxylation sites is 1. The summed E-state index contributed by atoms with van der Waals surface area (Å²) in [4.78, 5) is 0. The molecule has 0 aliphatic carbocycles. The van der Waals surface area contributed by atoms with E-state index < -0.39 is 0 Å². The van der Waals surface area contributed by atoms with Crippen LogP contribution in [0, 0.1) is 0 Å². The molecular weight excluding hydrogens is 252 g/mol.